The number of benzene rings is 1. The van der Waals surface area contributed by atoms with Crippen molar-refractivity contribution in [2.45, 2.75) is 0 Å². The number of nitrogens with zero attached hydrogens (tertiary/aromatic N) is 1. The van der Waals surface area contributed by atoms with Gasteiger partial charge in [0, 0.05) is 5.56 Å². The van der Waals surface area contributed by atoms with Crippen LogP contribution >= 0.6 is 15.9 Å². The van der Waals surface area contributed by atoms with Crippen LogP contribution in [0.4, 0.5) is 0 Å². The molecule has 0 aliphatic carbocycles. The zero-order chi connectivity index (χ0) is 11.5. The minimum Gasteiger partial charge on any atom is -0.493 e. The molecule has 0 aliphatic heterocycles. The van der Waals surface area contributed by atoms with E-state index < -0.39 is 0 Å². The molecule has 16 heavy (non-hydrogen) atoms. The number of ether oxygens (including phenoxy) is 2. The van der Waals surface area contributed by atoms with E-state index in [0.717, 1.165) is 11.3 Å². The Hall–Kier alpha value is -1.49. The van der Waals surface area contributed by atoms with Crippen LogP contribution in [-0.2, 0) is 0 Å². The summed E-state index contributed by atoms with van der Waals surface area (Å²) in [5.74, 6) is 1.41. The highest BCUT2D eigenvalue weighted by atomic mass is 79.9. The van der Waals surface area contributed by atoms with Crippen molar-refractivity contribution in [1.82, 2.24) is 9.97 Å². The molecule has 1 aromatic heterocycles. The maximum absolute atomic E-state index is 5.23. The lowest BCUT2D eigenvalue weighted by Gasteiger charge is -2.08. The summed E-state index contributed by atoms with van der Waals surface area (Å²) in [6.07, 6.45) is 1.76. The Morgan fingerprint density at radius 1 is 1.19 bits per heavy atom. The van der Waals surface area contributed by atoms with Crippen molar-refractivity contribution in [2.24, 2.45) is 0 Å². The van der Waals surface area contributed by atoms with Gasteiger partial charge in [-0.3, -0.25) is 0 Å². The Bertz CT molecular complexity index is 496. The lowest BCUT2D eigenvalue weighted by atomic mass is 10.1. The standard InChI is InChI=1S/C11H11BrN2O2/c1-15-9-4-3-7(5-10(9)16-2)8-6-13-11(12)14-8/h3-6H,1-2H3,(H,13,14). The molecule has 1 heterocycles. The molecule has 1 N–H and O–H groups in total. The van der Waals surface area contributed by atoms with E-state index in [1.54, 1.807) is 20.4 Å². The van der Waals surface area contributed by atoms with Crippen LogP contribution in [0.25, 0.3) is 11.3 Å². The first-order valence-electron chi connectivity index (χ1n) is 4.67. The van der Waals surface area contributed by atoms with Crippen molar-refractivity contribution in [3.8, 4) is 22.8 Å². The molecule has 1 aromatic carbocycles. The number of nitrogens with one attached hydrogen (secondary N) is 1. The number of hydrogen-bond donors (Lipinski definition) is 1. The van der Waals surface area contributed by atoms with Crippen LogP contribution in [0, 0.1) is 0 Å². The third-order valence-electron chi connectivity index (χ3n) is 2.24. The van der Waals surface area contributed by atoms with Gasteiger partial charge in [0.1, 0.15) is 0 Å². The third-order valence-corrected chi connectivity index (χ3v) is 2.64. The molecule has 2 rings (SSSR count). The van der Waals surface area contributed by atoms with Crippen LogP contribution in [0.3, 0.4) is 0 Å². The van der Waals surface area contributed by atoms with Gasteiger partial charge < -0.3 is 14.5 Å². The summed E-state index contributed by atoms with van der Waals surface area (Å²) in [5, 5.41) is 0. The highest BCUT2D eigenvalue weighted by Gasteiger charge is 2.07. The molecule has 0 radical (unpaired) electrons. The monoisotopic (exact) mass is 282 g/mol. The third kappa shape index (κ3) is 2.04. The molecule has 0 bridgehead atoms. The van der Waals surface area contributed by atoms with Gasteiger partial charge in [-0.25, -0.2) is 4.98 Å². The van der Waals surface area contributed by atoms with Crippen molar-refractivity contribution < 1.29 is 9.47 Å². The van der Waals surface area contributed by atoms with E-state index in [-0.39, 0.29) is 0 Å². The van der Waals surface area contributed by atoms with Crippen molar-refractivity contribution >= 4 is 15.9 Å². The number of aromatic amines is 1. The van der Waals surface area contributed by atoms with Crippen LogP contribution in [0.2, 0.25) is 0 Å². The molecule has 0 aliphatic rings. The predicted molar refractivity (Wildman–Crippen MR) is 64.8 cm³/mol. The first kappa shape index (κ1) is 11.0. The zero-order valence-electron chi connectivity index (χ0n) is 8.95. The summed E-state index contributed by atoms with van der Waals surface area (Å²) >= 11 is 3.27. The summed E-state index contributed by atoms with van der Waals surface area (Å²) in [5.41, 5.74) is 1.92. The van der Waals surface area contributed by atoms with Crippen molar-refractivity contribution in [2.75, 3.05) is 14.2 Å². The van der Waals surface area contributed by atoms with E-state index in [2.05, 4.69) is 25.9 Å². The first-order chi connectivity index (χ1) is 7.74. The fraction of sp³-hybridized carbons (Fsp3) is 0.182. The van der Waals surface area contributed by atoms with Gasteiger partial charge in [0.2, 0.25) is 0 Å². The van der Waals surface area contributed by atoms with Crippen molar-refractivity contribution in [3.63, 3.8) is 0 Å². The normalized spacial score (nSPS) is 10.2. The van der Waals surface area contributed by atoms with Gasteiger partial charge in [-0.15, -0.1) is 0 Å². The number of imidazole rings is 1. The molecule has 0 spiro atoms. The van der Waals surface area contributed by atoms with Crippen LogP contribution < -0.4 is 9.47 Å². The molecule has 0 fully saturated rings. The van der Waals surface area contributed by atoms with Gasteiger partial charge in [-0.2, -0.15) is 0 Å². The smallest absolute Gasteiger partial charge is 0.174 e. The van der Waals surface area contributed by atoms with Crippen LogP contribution in [0.1, 0.15) is 0 Å². The molecular weight excluding hydrogens is 272 g/mol. The molecule has 4 nitrogen and oxygen atoms in total. The predicted octanol–water partition coefficient (Wildman–Crippen LogP) is 2.86. The number of halogens is 1. The summed E-state index contributed by atoms with van der Waals surface area (Å²) in [6.45, 7) is 0. The van der Waals surface area contributed by atoms with Crippen molar-refractivity contribution in [3.05, 3.63) is 29.1 Å². The number of methoxy groups -OCH3 is 2. The Balaban J connectivity index is 2.43. The topological polar surface area (TPSA) is 47.1 Å². The summed E-state index contributed by atoms with van der Waals surface area (Å²) < 4.78 is 11.1. The molecule has 0 amide bonds. The van der Waals surface area contributed by atoms with Gasteiger partial charge in [0.05, 0.1) is 26.1 Å². The first-order valence-corrected chi connectivity index (χ1v) is 5.47. The van der Waals surface area contributed by atoms with E-state index in [1.165, 1.54) is 0 Å². The second kappa shape index (κ2) is 4.57. The zero-order valence-corrected chi connectivity index (χ0v) is 10.5. The Morgan fingerprint density at radius 3 is 2.50 bits per heavy atom. The Kier molecular flexibility index (Phi) is 3.14. The highest BCUT2D eigenvalue weighted by Crippen LogP contribution is 2.31. The largest absolute Gasteiger partial charge is 0.493 e. The summed E-state index contributed by atoms with van der Waals surface area (Å²) in [6, 6.07) is 5.71. The highest BCUT2D eigenvalue weighted by molar-refractivity contribution is 9.10. The van der Waals surface area contributed by atoms with Gasteiger partial charge >= 0.3 is 0 Å². The molecule has 5 heteroatoms. The maximum atomic E-state index is 5.23. The van der Waals surface area contributed by atoms with Gasteiger partial charge in [-0.1, -0.05) is 0 Å². The summed E-state index contributed by atoms with van der Waals surface area (Å²) in [7, 11) is 3.23. The summed E-state index contributed by atoms with van der Waals surface area (Å²) in [4.78, 5) is 7.17. The lowest BCUT2D eigenvalue weighted by molar-refractivity contribution is 0.355. The second-order valence-corrected chi connectivity index (χ2v) is 3.91. The van der Waals surface area contributed by atoms with E-state index >= 15 is 0 Å². The fourth-order valence-corrected chi connectivity index (χ4v) is 1.76. The quantitative estimate of drug-likeness (QED) is 0.942. The Labute approximate surface area is 102 Å². The number of H-pyrrole nitrogens is 1. The SMILES string of the molecule is COc1ccc(-c2cnc(Br)[nH]2)cc1OC. The molecule has 0 saturated carbocycles. The van der Waals surface area contributed by atoms with E-state index in [0.29, 0.717) is 16.2 Å². The number of aromatic nitrogens is 2. The minimum absolute atomic E-state index is 0.700. The van der Waals surface area contributed by atoms with Crippen LogP contribution in [0.5, 0.6) is 11.5 Å². The molecule has 0 unspecified atom stereocenters. The molecule has 0 atom stereocenters. The maximum Gasteiger partial charge on any atom is 0.174 e. The van der Waals surface area contributed by atoms with E-state index in [9.17, 15) is 0 Å². The number of rotatable bonds is 3. The van der Waals surface area contributed by atoms with E-state index in [4.69, 9.17) is 9.47 Å². The van der Waals surface area contributed by atoms with Crippen LogP contribution in [-0.4, -0.2) is 24.2 Å². The number of hydrogen-bond acceptors (Lipinski definition) is 3. The minimum atomic E-state index is 0.700. The molecule has 84 valence electrons. The second-order valence-electron chi connectivity index (χ2n) is 3.16. The Morgan fingerprint density at radius 2 is 1.94 bits per heavy atom. The lowest BCUT2D eigenvalue weighted by Crippen LogP contribution is -1.90. The molecular formula is C11H11BrN2O2. The molecule has 2 aromatic rings. The van der Waals surface area contributed by atoms with Gasteiger partial charge in [-0.05, 0) is 34.1 Å². The van der Waals surface area contributed by atoms with Gasteiger partial charge in [0.15, 0.2) is 16.2 Å². The van der Waals surface area contributed by atoms with Crippen LogP contribution in [0.15, 0.2) is 29.1 Å². The van der Waals surface area contributed by atoms with Crippen molar-refractivity contribution in [1.29, 1.82) is 0 Å². The molecule has 0 saturated heterocycles. The van der Waals surface area contributed by atoms with Gasteiger partial charge in [0.25, 0.3) is 0 Å². The average molecular weight is 283 g/mol. The fourth-order valence-electron chi connectivity index (χ4n) is 1.45. The van der Waals surface area contributed by atoms with E-state index in [1.807, 2.05) is 18.2 Å². The average Bonchev–Trinajstić information content (AvgIpc) is 2.75.